The Morgan fingerprint density at radius 3 is 2.21 bits per heavy atom. The van der Waals surface area contributed by atoms with Gasteiger partial charge in [0, 0.05) is 11.5 Å². The van der Waals surface area contributed by atoms with Gasteiger partial charge in [0.1, 0.15) is 22.8 Å². The molecule has 1 fully saturated rings. The van der Waals surface area contributed by atoms with Gasteiger partial charge >= 0.3 is 0 Å². The molecule has 0 bridgehead atoms. The summed E-state index contributed by atoms with van der Waals surface area (Å²) in [5.41, 5.74) is 3.94. The van der Waals surface area contributed by atoms with Crippen molar-refractivity contribution in [1.82, 2.24) is 4.90 Å². The number of aliphatic hydroxyl groups excluding tert-OH is 3. The third kappa shape index (κ3) is 3.42. The monoisotopic (exact) mass is 534 g/mol. The minimum absolute atomic E-state index is 0.0379. The van der Waals surface area contributed by atoms with Crippen LogP contribution in [0, 0.1) is 18.8 Å². The molecule has 0 radical (unpaired) electrons. The maximum absolute atomic E-state index is 14.0. The van der Waals surface area contributed by atoms with Gasteiger partial charge in [0.05, 0.1) is 23.6 Å². The van der Waals surface area contributed by atoms with E-state index in [1.54, 1.807) is 13.0 Å². The molecule has 3 aliphatic rings. The number of phenols is 1. The highest BCUT2D eigenvalue weighted by molar-refractivity contribution is 6.24. The van der Waals surface area contributed by atoms with Gasteiger partial charge in [-0.2, -0.15) is 0 Å². The molecule has 10 heteroatoms. The molecule has 0 aromatic heterocycles. The van der Waals surface area contributed by atoms with Crippen molar-refractivity contribution >= 4 is 23.2 Å². The molecule has 0 saturated heterocycles. The average Bonchev–Trinajstić information content (AvgIpc) is 2.86. The van der Waals surface area contributed by atoms with Gasteiger partial charge in [-0.1, -0.05) is 42.8 Å². The van der Waals surface area contributed by atoms with E-state index in [0.717, 1.165) is 11.1 Å². The second kappa shape index (κ2) is 8.77. The Morgan fingerprint density at radius 2 is 1.64 bits per heavy atom. The van der Waals surface area contributed by atoms with Crippen LogP contribution in [0.5, 0.6) is 5.75 Å². The predicted molar refractivity (Wildman–Crippen MR) is 141 cm³/mol. The fourth-order valence-electron chi connectivity index (χ4n) is 6.68. The summed E-state index contributed by atoms with van der Waals surface area (Å²) < 4.78 is 0. The van der Waals surface area contributed by atoms with Gasteiger partial charge in [-0.25, -0.2) is 0 Å². The summed E-state index contributed by atoms with van der Waals surface area (Å²) >= 11 is 0. The average molecular weight is 535 g/mol. The van der Waals surface area contributed by atoms with Crippen molar-refractivity contribution in [2.45, 2.75) is 37.5 Å². The van der Waals surface area contributed by atoms with E-state index in [0.29, 0.717) is 11.1 Å². The van der Waals surface area contributed by atoms with Crippen molar-refractivity contribution < 1.29 is 39.9 Å². The topological polar surface area (TPSA) is 182 Å². The van der Waals surface area contributed by atoms with Crippen molar-refractivity contribution in [1.29, 1.82) is 0 Å². The molecule has 0 aliphatic heterocycles. The molecule has 1 saturated carbocycles. The number of hydrogen-bond acceptors (Lipinski definition) is 9. The summed E-state index contributed by atoms with van der Waals surface area (Å²) in [4.78, 5) is 40.8. The van der Waals surface area contributed by atoms with E-state index in [9.17, 15) is 39.9 Å². The number of aliphatic hydroxyl groups is 4. The molecule has 0 unspecified atom stereocenters. The number of nitrogens with two attached hydrogens (primary N) is 1. The van der Waals surface area contributed by atoms with Crippen LogP contribution in [0.3, 0.4) is 0 Å². The first-order chi connectivity index (χ1) is 18.2. The van der Waals surface area contributed by atoms with Crippen molar-refractivity contribution in [3.05, 3.63) is 70.0 Å². The Balaban J connectivity index is 1.82. The molecule has 10 nitrogen and oxygen atoms in total. The number of nitrogens with zero attached hydrogens (tertiary/aromatic N) is 1. The number of phenolic OH excluding ortho intramolecular Hbond substituents is 1. The standard InChI is InChI=1S/C29H30N2O8/c1-11-5-7-13(8-6-11)14-9-10-15(32)18-16(14)12(2)17-19(23(18)33)26(36)29(39)21(24(17)34)22(31(3)4)25(35)20(27(29)37)28(30)38/h5-10,12,17,21-22,24,32-34,37,39H,1-4H3,(H2,30,38)/t12-,17+,21+,22-,24-,29-/m0/s1. The van der Waals surface area contributed by atoms with E-state index in [4.69, 9.17) is 5.73 Å². The molecular weight excluding hydrogens is 504 g/mol. The number of fused-ring (bicyclic) bond motifs is 3. The van der Waals surface area contributed by atoms with Gasteiger partial charge in [0.2, 0.25) is 5.78 Å². The van der Waals surface area contributed by atoms with Gasteiger partial charge in [0.15, 0.2) is 11.4 Å². The van der Waals surface area contributed by atoms with Crippen molar-refractivity contribution in [3.8, 4) is 16.9 Å². The second-order valence-electron chi connectivity index (χ2n) is 10.8. The van der Waals surface area contributed by atoms with Crippen molar-refractivity contribution in [3.63, 3.8) is 0 Å². The van der Waals surface area contributed by atoms with Crippen LogP contribution in [0.25, 0.3) is 16.9 Å². The Hall–Kier alpha value is -3.99. The molecule has 204 valence electrons. The quantitative estimate of drug-likeness (QED) is 0.318. The fraction of sp³-hybridized carbons (Fsp3) is 0.345. The summed E-state index contributed by atoms with van der Waals surface area (Å²) in [7, 11) is 2.94. The molecule has 0 heterocycles. The lowest BCUT2D eigenvalue weighted by molar-refractivity contribution is -0.169. The first-order valence-corrected chi connectivity index (χ1v) is 12.5. The molecule has 7 N–H and O–H groups in total. The maximum Gasteiger partial charge on any atom is 0.255 e. The molecular formula is C29H30N2O8. The highest BCUT2D eigenvalue weighted by Crippen LogP contribution is 2.57. The largest absolute Gasteiger partial charge is 0.508 e. The number of amides is 1. The van der Waals surface area contributed by atoms with Crippen LogP contribution in [-0.2, 0) is 14.4 Å². The molecule has 6 atom stereocenters. The molecule has 2 aromatic rings. The minimum atomic E-state index is -2.94. The highest BCUT2D eigenvalue weighted by Gasteiger charge is 2.68. The number of aromatic hydroxyl groups is 1. The van der Waals surface area contributed by atoms with E-state index in [-0.39, 0.29) is 11.3 Å². The van der Waals surface area contributed by atoms with Gasteiger partial charge in [0.25, 0.3) is 5.91 Å². The van der Waals surface area contributed by atoms with Gasteiger partial charge < -0.3 is 31.3 Å². The van der Waals surface area contributed by atoms with E-state index < -0.39 is 75.6 Å². The van der Waals surface area contributed by atoms with Gasteiger partial charge in [-0.05, 0) is 49.7 Å². The molecule has 0 spiro atoms. The first kappa shape index (κ1) is 26.6. The van der Waals surface area contributed by atoms with Crippen LogP contribution < -0.4 is 5.73 Å². The number of carbonyl (C=O) groups excluding carboxylic acids is 3. The molecule has 39 heavy (non-hydrogen) atoms. The molecule has 1 amide bonds. The zero-order chi connectivity index (χ0) is 28.7. The Morgan fingerprint density at radius 1 is 1.03 bits per heavy atom. The van der Waals surface area contributed by atoms with Crippen molar-refractivity contribution in [2.24, 2.45) is 17.6 Å². The number of ketones is 2. The summed E-state index contributed by atoms with van der Waals surface area (Å²) in [5, 5.41) is 56.8. The van der Waals surface area contributed by atoms with Crippen LogP contribution in [0.2, 0.25) is 0 Å². The Kier molecular flexibility index (Phi) is 5.98. The number of aryl methyl sites for hydroxylation is 1. The number of hydrogen-bond donors (Lipinski definition) is 6. The zero-order valence-corrected chi connectivity index (χ0v) is 21.8. The normalized spacial score (nSPS) is 30.3. The number of carbonyl (C=O) groups is 3. The molecule has 5 rings (SSSR count). The van der Waals surface area contributed by atoms with Crippen LogP contribution >= 0.6 is 0 Å². The predicted octanol–water partition coefficient (Wildman–Crippen LogP) is 1.47. The number of rotatable bonds is 3. The van der Waals surface area contributed by atoms with Crippen LogP contribution in [0.4, 0.5) is 0 Å². The van der Waals surface area contributed by atoms with Crippen LogP contribution in [0.1, 0.15) is 29.5 Å². The first-order valence-electron chi connectivity index (χ1n) is 12.5. The lowest BCUT2D eigenvalue weighted by atomic mass is 9.54. The smallest absolute Gasteiger partial charge is 0.255 e. The summed E-state index contributed by atoms with van der Waals surface area (Å²) in [6.45, 7) is 3.65. The highest BCUT2D eigenvalue weighted by atomic mass is 16.4. The summed E-state index contributed by atoms with van der Waals surface area (Å²) in [6.07, 6.45) is -1.64. The SMILES string of the molecule is Cc1ccc(-c2ccc(O)c3c2[C@H](C)[C@@H]2C(=C3O)C(=O)[C@]3(O)C(O)=C(C(N)=O)C(=O)[C@@H](N(C)C)[C@@H]3[C@H]2O)cc1. The summed E-state index contributed by atoms with van der Waals surface area (Å²) in [6, 6.07) is 9.23. The van der Waals surface area contributed by atoms with E-state index >= 15 is 0 Å². The number of primary amides is 1. The van der Waals surface area contributed by atoms with E-state index in [2.05, 4.69) is 0 Å². The van der Waals surface area contributed by atoms with Crippen molar-refractivity contribution in [2.75, 3.05) is 14.1 Å². The van der Waals surface area contributed by atoms with E-state index in [1.807, 2.05) is 31.2 Å². The fourth-order valence-corrected chi connectivity index (χ4v) is 6.68. The third-order valence-electron chi connectivity index (χ3n) is 8.47. The van der Waals surface area contributed by atoms with Crippen LogP contribution in [-0.4, -0.2) is 79.7 Å². The second-order valence-corrected chi connectivity index (χ2v) is 10.8. The number of likely N-dealkylation sites (N-methyl/N-ethyl adjacent to an activating group) is 1. The maximum atomic E-state index is 14.0. The Bertz CT molecular complexity index is 1510. The molecule has 2 aromatic carbocycles. The minimum Gasteiger partial charge on any atom is -0.508 e. The van der Waals surface area contributed by atoms with Gasteiger partial charge in [-0.15, -0.1) is 0 Å². The lowest BCUT2D eigenvalue weighted by Gasteiger charge is -2.53. The lowest BCUT2D eigenvalue weighted by Crippen LogP contribution is -2.70. The summed E-state index contributed by atoms with van der Waals surface area (Å²) in [5.74, 6) is -9.14. The number of Topliss-reactive ketones (excluding diaryl/α,β-unsaturated/α-hetero) is 2. The zero-order valence-electron chi connectivity index (χ0n) is 21.8. The third-order valence-corrected chi connectivity index (χ3v) is 8.47. The number of benzene rings is 2. The molecule has 3 aliphatic carbocycles. The van der Waals surface area contributed by atoms with Gasteiger partial charge in [-0.3, -0.25) is 19.3 Å². The van der Waals surface area contributed by atoms with Crippen LogP contribution in [0.15, 0.2) is 53.3 Å². The Labute approximate surface area is 224 Å². The van der Waals surface area contributed by atoms with E-state index in [1.165, 1.54) is 25.1 Å².